The number of carboxylic acids is 1. The number of allylic oxidation sites excluding steroid dienone is 3. The van der Waals surface area contributed by atoms with Crippen LogP contribution in [0, 0.1) is 40.4 Å². The molecule has 4 fully saturated rings. The van der Waals surface area contributed by atoms with E-state index in [-0.39, 0.29) is 46.0 Å². The number of carbonyl (C=O) groups excluding carboxylic acids is 1. The van der Waals surface area contributed by atoms with E-state index in [1.54, 1.807) is 12.2 Å². The first-order valence-corrected chi connectivity index (χ1v) is 13.9. The van der Waals surface area contributed by atoms with Crippen LogP contribution in [0.4, 0.5) is 0 Å². The van der Waals surface area contributed by atoms with E-state index >= 15 is 0 Å². The molecule has 0 aromatic carbocycles. The number of aliphatic hydroxyl groups is 2. The Morgan fingerprint density at radius 3 is 2.32 bits per heavy atom. The minimum atomic E-state index is -1.05. The van der Waals surface area contributed by atoms with Crippen molar-refractivity contribution in [1.82, 2.24) is 0 Å². The SMILES string of the molecule is CC(=O)O[C@H]1C[C@]2(C)C3CC[C@H]4[C@H](CN)[C@H](O)CC[C@]4(C)[C@@H]3[C@H](O)C[C@H]2/C1=C(\C=C\C=C(C)C)C(=O)O. The third kappa shape index (κ3) is 4.72. The van der Waals surface area contributed by atoms with Crippen molar-refractivity contribution in [2.24, 2.45) is 46.2 Å². The van der Waals surface area contributed by atoms with Crippen molar-refractivity contribution in [2.45, 2.75) is 91.5 Å². The molecule has 37 heavy (non-hydrogen) atoms. The zero-order valence-corrected chi connectivity index (χ0v) is 22.9. The topological polar surface area (TPSA) is 130 Å². The third-order valence-electron chi connectivity index (χ3n) is 10.5. The molecule has 4 aliphatic rings. The van der Waals surface area contributed by atoms with Crippen LogP contribution in [0.2, 0.25) is 0 Å². The molecule has 7 nitrogen and oxygen atoms in total. The largest absolute Gasteiger partial charge is 0.478 e. The first kappa shape index (κ1) is 28.1. The van der Waals surface area contributed by atoms with Gasteiger partial charge in [0, 0.05) is 12.8 Å². The van der Waals surface area contributed by atoms with Gasteiger partial charge in [-0.2, -0.15) is 0 Å². The highest BCUT2D eigenvalue weighted by atomic mass is 16.5. The van der Waals surface area contributed by atoms with Gasteiger partial charge in [0.2, 0.25) is 0 Å². The summed E-state index contributed by atoms with van der Waals surface area (Å²) in [6.45, 7) is 10.2. The lowest BCUT2D eigenvalue weighted by Crippen LogP contribution is -2.62. The summed E-state index contributed by atoms with van der Waals surface area (Å²) in [5, 5.41) is 32.7. The molecule has 4 rings (SSSR count). The second-order valence-electron chi connectivity index (χ2n) is 12.8. The van der Waals surface area contributed by atoms with Crippen molar-refractivity contribution in [2.75, 3.05) is 6.54 Å². The Morgan fingerprint density at radius 1 is 1.05 bits per heavy atom. The molecule has 0 radical (unpaired) electrons. The van der Waals surface area contributed by atoms with E-state index < -0.39 is 30.3 Å². The minimum Gasteiger partial charge on any atom is -0.478 e. The highest BCUT2D eigenvalue weighted by Crippen LogP contribution is 2.69. The van der Waals surface area contributed by atoms with E-state index in [4.69, 9.17) is 10.5 Å². The van der Waals surface area contributed by atoms with Gasteiger partial charge in [0.05, 0.1) is 17.8 Å². The fraction of sp³-hybridized carbons (Fsp3) is 0.733. The summed E-state index contributed by atoms with van der Waals surface area (Å²) >= 11 is 0. The fourth-order valence-corrected chi connectivity index (χ4v) is 9.06. The Balaban J connectivity index is 1.80. The minimum absolute atomic E-state index is 0.0286. The number of rotatable bonds is 5. The molecule has 0 heterocycles. The summed E-state index contributed by atoms with van der Waals surface area (Å²) in [4.78, 5) is 24.6. The summed E-state index contributed by atoms with van der Waals surface area (Å²) < 4.78 is 5.79. The number of nitrogens with two attached hydrogens (primary N) is 1. The number of esters is 1. The zero-order valence-electron chi connectivity index (χ0n) is 22.9. The molecule has 206 valence electrons. The van der Waals surface area contributed by atoms with Crippen LogP contribution in [0.5, 0.6) is 0 Å². The maximum atomic E-state index is 12.5. The average molecular weight is 516 g/mol. The monoisotopic (exact) mass is 515 g/mol. The number of hydrogen-bond acceptors (Lipinski definition) is 6. The van der Waals surface area contributed by atoms with Gasteiger partial charge in [0.25, 0.3) is 0 Å². The Kier molecular flexibility index (Phi) is 7.82. The summed E-state index contributed by atoms with van der Waals surface area (Å²) in [6, 6.07) is 0. The van der Waals surface area contributed by atoms with E-state index in [1.165, 1.54) is 6.92 Å². The summed E-state index contributed by atoms with van der Waals surface area (Å²) in [5.74, 6) is -1.21. The lowest BCUT2D eigenvalue weighted by atomic mass is 9.41. The molecule has 0 amide bonds. The lowest BCUT2D eigenvalue weighted by Gasteiger charge is -2.64. The molecular formula is C30H45NO6. The van der Waals surface area contributed by atoms with Crippen LogP contribution in [0.3, 0.4) is 0 Å². The van der Waals surface area contributed by atoms with Gasteiger partial charge >= 0.3 is 11.9 Å². The van der Waals surface area contributed by atoms with Gasteiger partial charge in [-0.1, -0.05) is 31.6 Å². The molecule has 0 aliphatic heterocycles. The van der Waals surface area contributed by atoms with Gasteiger partial charge in [0.1, 0.15) is 6.10 Å². The van der Waals surface area contributed by atoms with Gasteiger partial charge in [-0.15, -0.1) is 0 Å². The van der Waals surface area contributed by atoms with Gasteiger partial charge in [-0.3, -0.25) is 4.79 Å². The summed E-state index contributed by atoms with van der Waals surface area (Å²) in [5.41, 5.74) is 7.51. The number of carbonyl (C=O) groups is 2. The number of fused-ring (bicyclic) bond motifs is 5. The standard InChI is InChI=1S/C30H45NO6/c1-16(2)7-6-8-18(28(35)36)26-22-13-24(34)27-21(30(22,5)14-25(26)37-17(3)32)10-9-20-19(15-31)23(33)11-12-29(20,27)4/h6-8,19-25,27,33-34H,9-15,31H2,1-5H3,(H,35,36)/b8-6+,26-18-/t19-,20-,21?,22-,23+,24+,25-,27-,29-,30+/m0/s1. The number of aliphatic hydroxyl groups excluding tert-OH is 2. The summed E-state index contributed by atoms with van der Waals surface area (Å²) in [6.07, 6.45) is 7.90. The van der Waals surface area contributed by atoms with Gasteiger partial charge < -0.3 is 25.8 Å². The smallest absolute Gasteiger partial charge is 0.335 e. The molecule has 4 aliphatic carbocycles. The molecule has 5 N–H and O–H groups in total. The predicted molar refractivity (Wildman–Crippen MR) is 141 cm³/mol. The molecule has 0 bridgehead atoms. The molecule has 7 heteroatoms. The Labute approximate surface area is 220 Å². The normalized spacial score (nSPS) is 44.4. The van der Waals surface area contributed by atoms with Crippen molar-refractivity contribution in [1.29, 1.82) is 0 Å². The molecule has 0 saturated heterocycles. The van der Waals surface area contributed by atoms with E-state index in [0.717, 1.165) is 24.8 Å². The van der Waals surface area contributed by atoms with E-state index in [2.05, 4.69) is 13.8 Å². The van der Waals surface area contributed by atoms with Crippen LogP contribution >= 0.6 is 0 Å². The van der Waals surface area contributed by atoms with Gasteiger partial charge in [0.15, 0.2) is 0 Å². The van der Waals surface area contributed by atoms with Crippen LogP contribution in [0.25, 0.3) is 0 Å². The van der Waals surface area contributed by atoms with Crippen molar-refractivity contribution < 1.29 is 29.6 Å². The number of aliphatic carboxylic acids is 1. The van der Waals surface area contributed by atoms with E-state index in [0.29, 0.717) is 31.4 Å². The average Bonchev–Trinajstić information content (AvgIpc) is 3.07. The highest BCUT2D eigenvalue weighted by Gasteiger charge is 2.66. The summed E-state index contributed by atoms with van der Waals surface area (Å²) in [7, 11) is 0. The zero-order chi connectivity index (χ0) is 27.3. The first-order valence-electron chi connectivity index (χ1n) is 13.9. The van der Waals surface area contributed by atoms with E-state index in [1.807, 2.05) is 19.9 Å². The number of hydrogen-bond donors (Lipinski definition) is 4. The maximum absolute atomic E-state index is 12.5. The Bertz CT molecular complexity index is 1010. The van der Waals surface area contributed by atoms with Crippen molar-refractivity contribution in [3.8, 4) is 0 Å². The lowest BCUT2D eigenvalue weighted by molar-refractivity contribution is -0.192. The van der Waals surface area contributed by atoms with Crippen molar-refractivity contribution in [3.05, 3.63) is 34.9 Å². The molecular weight excluding hydrogens is 470 g/mol. The molecule has 1 unspecified atom stereocenters. The van der Waals surface area contributed by atoms with Crippen LogP contribution in [0.15, 0.2) is 34.9 Å². The molecule has 10 atom stereocenters. The van der Waals surface area contributed by atoms with Gasteiger partial charge in [-0.05, 0) is 105 Å². The number of ether oxygens (including phenoxy) is 1. The van der Waals surface area contributed by atoms with Crippen LogP contribution < -0.4 is 5.73 Å². The Morgan fingerprint density at radius 2 is 1.73 bits per heavy atom. The molecule has 4 saturated carbocycles. The molecule has 0 spiro atoms. The van der Waals surface area contributed by atoms with Gasteiger partial charge in [-0.25, -0.2) is 4.79 Å². The van der Waals surface area contributed by atoms with Crippen LogP contribution in [0.1, 0.15) is 73.1 Å². The highest BCUT2D eigenvalue weighted by molar-refractivity contribution is 5.91. The van der Waals surface area contributed by atoms with E-state index in [9.17, 15) is 24.9 Å². The molecule has 0 aromatic rings. The second-order valence-corrected chi connectivity index (χ2v) is 12.8. The maximum Gasteiger partial charge on any atom is 0.335 e. The van der Waals surface area contributed by atoms with Crippen LogP contribution in [-0.4, -0.2) is 52.1 Å². The second kappa shape index (κ2) is 10.3. The van der Waals surface area contributed by atoms with Crippen LogP contribution in [-0.2, 0) is 14.3 Å². The third-order valence-corrected chi connectivity index (χ3v) is 10.5. The fourth-order valence-electron chi connectivity index (χ4n) is 9.06. The van der Waals surface area contributed by atoms with Crippen molar-refractivity contribution in [3.63, 3.8) is 0 Å². The Hall–Kier alpha value is -1.96. The van der Waals surface area contributed by atoms with Crippen molar-refractivity contribution >= 4 is 11.9 Å². The molecule has 0 aromatic heterocycles. The first-order chi connectivity index (χ1) is 17.3. The quantitative estimate of drug-likeness (QED) is 0.247. The predicted octanol–water partition coefficient (Wildman–Crippen LogP) is 3.99. The number of carboxylic acid groups (broad SMARTS) is 1.